The third-order valence-corrected chi connectivity index (χ3v) is 4.67. The van der Waals surface area contributed by atoms with E-state index in [9.17, 15) is 0 Å². The van der Waals surface area contributed by atoms with E-state index in [-0.39, 0.29) is 6.04 Å². The molecule has 0 aromatic heterocycles. The van der Waals surface area contributed by atoms with E-state index < -0.39 is 0 Å². The van der Waals surface area contributed by atoms with Gasteiger partial charge in [-0.25, -0.2) is 0 Å². The highest BCUT2D eigenvalue weighted by atomic mass is 14.9. The predicted molar refractivity (Wildman–Crippen MR) is 99.4 cm³/mol. The second-order valence-electron chi connectivity index (χ2n) is 6.69. The number of rotatable bonds is 3. The normalized spacial score (nSPS) is 17.5. The summed E-state index contributed by atoms with van der Waals surface area (Å²) in [5.41, 5.74) is 8.01. The lowest BCUT2D eigenvalue weighted by Gasteiger charge is -2.25. The van der Waals surface area contributed by atoms with Crippen molar-refractivity contribution in [1.29, 1.82) is 0 Å². The van der Waals surface area contributed by atoms with Gasteiger partial charge in [-0.2, -0.15) is 0 Å². The molecule has 1 nitrogen and oxygen atoms in total. The highest BCUT2D eigenvalue weighted by molar-refractivity contribution is 5.65. The zero-order valence-electron chi connectivity index (χ0n) is 14.4. The molecule has 0 amide bonds. The van der Waals surface area contributed by atoms with Gasteiger partial charge in [0.05, 0.1) is 6.04 Å². The first kappa shape index (κ1) is 15.6. The van der Waals surface area contributed by atoms with Crippen LogP contribution in [0.2, 0.25) is 0 Å². The Bertz CT molecular complexity index is 751. The molecule has 0 fully saturated rings. The lowest BCUT2D eigenvalue weighted by atomic mass is 9.87. The Morgan fingerprint density at radius 3 is 2.26 bits per heavy atom. The highest BCUT2D eigenvalue weighted by Gasteiger charge is 2.18. The minimum absolute atomic E-state index is 0.250. The van der Waals surface area contributed by atoms with E-state index in [1.807, 2.05) is 0 Å². The van der Waals surface area contributed by atoms with Crippen LogP contribution in [-0.2, 0) is 0 Å². The van der Waals surface area contributed by atoms with Gasteiger partial charge in [0.2, 0.25) is 0 Å². The molecule has 0 bridgehead atoms. The fourth-order valence-corrected chi connectivity index (χ4v) is 3.12. The molecular weight excluding hydrogens is 278 g/mol. The van der Waals surface area contributed by atoms with E-state index in [1.54, 1.807) is 0 Å². The van der Waals surface area contributed by atoms with Crippen molar-refractivity contribution < 1.29 is 0 Å². The Balaban J connectivity index is 2.07. The summed E-state index contributed by atoms with van der Waals surface area (Å²) in [4.78, 5) is 0. The number of dihydropyridines is 1. The number of benzene rings is 2. The van der Waals surface area contributed by atoms with E-state index in [0.29, 0.717) is 5.92 Å². The van der Waals surface area contributed by atoms with Gasteiger partial charge in [0.25, 0.3) is 0 Å². The second kappa shape index (κ2) is 6.45. The average Bonchev–Trinajstić information content (AvgIpc) is 2.57. The van der Waals surface area contributed by atoms with Gasteiger partial charge >= 0.3 is 0 Å². The van der Waals surface area contributed by atoms with Gasteiger partial charge in [-0.05, 0) is 59.2 Å². The monoisotopic (exact) mass is 303 g/mol. The standard InChI is InChI=1S/C22H25N/c1-15(2)20-11-10-19(18-8-6-5-7-9-18)13-21(20)22-12-16(3)17(4)14-23-22/h5-15,22-23H,1-4H3. The fraction of sp³-hybridized carbons (Fsp3) is 0.273. The van der Waals surface area contributed by atoms with E-state index in [2.05, 4.69) is 93.8 Å². The van der Waals surface area contributed by atoms with Crippen molar-refractivity contribution in [3.8, 4) is 11.1 Å². The number of hydrogen-bond acceptors (Lipinski definition) is 1. The minimum atomic E-state index is 0.250. The summed E-state index contributed by atoms with van der Waals surface area (Å²) in [5, 5.41) is 3.55. The van der Waals surface area contributed by atoms with Crippen LogP contribution in [-0.4, -0.2) is 0 Å². The summed E-state index contributed by atoms with van der Waals surface area (Å²) in [6.07, 6.45) is 4.48. The van der Waals surface area contributed by atoms with Crippen LogP contribution in [0.5, 0.6) is 0 Å². The van der Waals surface area contributed by atoms with Crippen molar-refractivity contribution in [2.75, 3.05) is 0 Å². The van der Waals surface area contributed by atoms with Gasteiger partial charge in [0.15, 0.2) is 0 Å². The van der Waals surface area contributed by atoms with Crippen LogP contribution in [0.4, 0.5) is 0 Å². The lowest BCUT2D eigenvalue weighted by molar-refractivity contribution is 0.707. The molecule has 1 unspecified atom stereocenters. The number of nitrogens with one attached hydrogen (secondary N) is 1. The molecular formula is C22H25N. The number of allylic oxidation sites excluding steroid dienone is 2. The smallest absolute Gasteiger partial charge is 0.0701 e. The molecule has 0 saturated heterocycles. The molecule has 0 radical (unpaired) electrons. The molecule has 0 aliphatic carbocycles. The average molecular weight is 303 g/mol. The van der Waals surface area contributed by atoms with Crippen LogP contribution >= 0.6 is 0 Å². The van der Waals surface area contributed by atoms with E-state index in [4.69, 9.17) is 0 Å². The topological polar surface area (TPSA) is 12.0 Å². The molecule has 1 atom stereocenters. The quantitative estimate of drug-likeness (QED) is 0.736. The summed E-state index contributed by atoms with van der Waals surface area (Å²) < 4.78 is 0. The maximum absolute atomic E-state index is 3.55. The minimum Gasteiger partial charge on any atom is -0.380 e. The zero-order valence-corrected chi connectivity index (χ0v) is 14.4. The van der Waals surface area contributed by atoms with Crippen LogP contribution in [0.3, 0.4) is 0 Å². The van der Waals surface area contributed by atoms with Gasteiger partial charge in [-0.1, -0.05) is 62.4 Å². The molecule has 1 heterocycles. The molecule has 3 rings (SSSR count). The first-order chi connectivity index (χ1) is 11.1. The van der Waals surface area contributed by atoms with Gasteiger partial charge in [0.1, 0.15) is 0 Å². The molecule has 1 aliphatic rings. The molecule has 1 heteroatoms. The van der Waals surface area contributed by atoms with Crippen molar-refractivity contribution >= 4 is 0 Å². The van der Waals surface area contributed by atoms with Crippen molar-refractivity contribution in [3.63, 3.8) is 0 Å². The SMILES string of the molecule is CC1=CNC(c2cc(-c3ccccc3)ccc2C(C)C)C=C1C. The van der Waals surface area contributed by atoms with Crippen LogP contribution in [0.1, 0.15) is 50.8 Å². The fourth-order valence-electron chi connectivity index (χ4n) is 3.12. The Kier molecular flexibility index (Phi) is 4.38. The lowest BCUT2D eigenvalue weighted by Crippen LogP contribution is -2.19. The Morgan fingerprint density at radius 2 is 1.61 bits per heavy atom. The van der Waals surface area contributed by atoms with E-state index >= 15 is 0 Å². The molecule has 2 aromatic carbocycles. The summed E-state index contributed by atoms with van der Waals surface area (Å²) in [5.74, 6) is 0.511. The predicted octanol–water partition coefficient (Wildman–Crippen LogP) is 5.97. The molecule has 2 aromatic rings. The van der Waals surface area contributed by atoms with Gasteiger partial charge < -0.3 is 5.32 Å². The van der Waals surface area contributed by atoms with Gasteiger partial charge in [0, 0.05) is 6.20 Å². The maximum Gasteiger partial charge on any atom is 0.0701 e. The third kappa shape index (κ3) is 3.24. The molecule has 1 aliphatic heterocycles. The second-order valence-corrected chi connectivity index (χ2v) is 6.69. The van der Waals surface area contributed by atoms with Crippen molar-refractivity contribution in [1.82, 2.24) is 5.32 Å². The third-order valence-electron chi connectivity index (χ3n) is 4.67. The summed E-state index contributed by atoms with van der Waals surface area (Å²) >= 11 is 0. The van der Waals surface area contributed by atoms with Crippen molar-refractivity contribution in [2.45, 2.75) is 39.7 Å². The van der Waals surface area contributed by atoms with Gasteiger partial charge in [-0.3, -0.25) is 0 Å². The summed E-state index contributed by atoms with van der Waals surface area (Å²) in [7, 11) is 0. The number of hydrogen-bond donors (Lipinski definition) is 1. The largest absolute Gasteiger partial charge is 0.380 e. The van der Waals surface area contributed by atoms with Crippen LogP contribution in [0.15, 0.2) is 72.0 Å². The van der Waals surface area contributed by atoms with Crippen molar-refractivity contribution in [2.24, 2.45) is 0 Å². The molecule has 0 saturated carbocycles. The molecule has 1 N–H and O–H groups in total. The Hall–Kier alpha value is -2.28. The first-order valence-corrected chi connectivity index (χ1v) is 8.37. The highest BCUT2D eigenvalue weighted by Crippen LogP contribution is 2.33. The molecule has 23 heavy (non-hydrogen) atoms. The molecule has 118 valence electrons. The van der Waals surface area contributed by atoms with E-state index in [1.165, 1.54) is 33.4 Å². The van der Waals surface area contributed by atoms with Crippen LogP contribution in [0.25, 0.3) is 11.1 Å². The maximum atomic E-state index is 3.55. The first-order valence-electron chi connectivity index (χ1n) is 8.37. The Labute approximate surface area is 139 Å². The summed E-state index contributed by atoms with van der Waals surface area (Å²) in [6, 6.07) is 17.7. The van der Waals surface area contributed by atoms with Crippen LogP contribution < -0.4 is 5.32 Å². The van der Waals surface area contributed by atoms with Crippen molar-refractivity contribution in [3.05, 3.63) is 83.1 Å². The summed E-state index contributed by atoms with van der Waals surface area (Å²) in [6.45, 7) is 8.87. The van der Waals surface area contributed by atoms with Crippen LogP contribution in [0, 0.1) is 0 Å². The molecule has 0 spiro atoms. The van der Waals surface area contributed by atoms with Gasteiger partial charge in [-0.15, -0.1) is 0 Å². The Morgan fingerprint density at radius 1 is 0.870 bits per heavy atom. The van der Waals surface area contributed by atoms with E-state index in [0.717, 1.165) is 0 Å². The zero-order chi connectivity index (χ0) is 16.4.